The first-order valence-electron chi connectivity index (χ1n) is 7.68. The zero-order valence-electron chi connectivity index (χ0n) is 13.1. The summed E-state index contributed by atoms with van der Waals surface area (Å²) in [4.78, 5) is 21.4. The monoisotopic (exact) mass is 332 g/mol. The first-order valence-corrected chi connectivity index (χ1v) is 7.68. The van der Waals surface area contributed by atoms with E-state index in [4.69, 9.17) is 0 Å². The van der Waals surface area contributed by atoms with Gasteiger partial charge in [-0.25, -0.2) is 13.9 Å². The lowest BCUT2D eigenvalue weighted by Gasteiger charge is -2.15. The van der Waals surface area contributed by atoms with Crippen LogP contribution in [0.2, 0.25) is 0 Å². The van der Waals surface area contributed by atoms with Crippen molar-refractivity contribution in [2.75, 3.05) is 5.32 Å². The van der Waals surface area contributed by atoms with Crippen LogP contribution in [-0.2, 0) is 0 Å². The fourth-order valence-corrected chi connectivity index (χ4v) is 2.64. The fourth-order valence-electron chi connectivity index (χ4n) is 2.64. The van der Waals surface area contributed by atoms with Gasteiger partial charge in [0.2, 0.25) is 5.95 Å². The molecule has 0 spiro atoms. The van der Waals surface area contributed by atoms with E-state index in [1.54, 1.807) is 42.7 Å². The van der Waals surface area contributed by atoms with Crippen LogP contribution >= 0.6 is 0 Å². The second-order valence-corrected chi connectivity index (χ2v) is 5.41. The Morgan fingerprint density at radius 2 is 1.80 bits per heavy atom. The molecule has 0 saturated heterocycles. The predicted octanol–water partition coefficient (Wildman–Crippen LogP) is 3.66. The molecule has 0 aliphatic heterocycles. The van der Waals surface area contributed by atoms with Crippen LogP contribution in [0.25, 0.3) is 16.6 Å². The van der Waals surface area contributed by atoms with Crippen molar-refractivity contribution in [3.8, 4) is 5.69 Å². The summed E-state index contributed by atoms with van der Waals surface area (Å²) in [7, 11) is 0. The van der Waals surface area contributed by atoms with Gasteiger partial charge in [0.15, 0.2) is 0 Å². The lowest BCUT2D eigenvalue weighted by Crippen LogP contribution is -2.23. The first-order chi connectivity index (χ1) is 12.2. The Balaban J connectivity index is 2.01. The average molecular weight is 332 g/mol. The van der Waals surface area contributed by atoms with Gasteiger partial charge in [-0.05, 0) is 36.4 Å². The third-order valence-electron chi connectivity index (χ3n) is 3.78. The molecule has 5 nitrogen and oxygen atoms in total. The number of para-hydroxylation sites is 2. The van der Waals surface area contributed by atoms with E-state index in [-0.39, 0.29) is 22.4 Å². The van der Waals surface area contributed by atoms with Crippen molar-refractivity contribution < 1.29 is 4.39 Å². The van der Waals surface area contributed by atoms with Crippen LogP contribution in [0, 0.1) is 5.82 Å². The summed E-state index contributed by atoms with van der Waals surface area (Å²) < 4.78 is 15.6. The number of benzene rings is 2. The second-order valence-electron chi connectivity index (χ2n) is 5.41. The summed E-state index contributed by atoms with van der Waals surface area (Å²) in [5.74, 6) is -0.314. The maximum absolute atomic E-state index is 14.2. The van der Waals surface area contributed by atoms with E-state index in [1.807, 2.05) is 18.2 Å². The molecule has 0 amide bonds. The second kappa shape index (κ2) is 6.16. The fraction of sp³-hybridized carbons (Fsp3) is 0. The van der Waals surface area contributed by atoms with Gasteiger partial charge in [-0.15, -0.1) is 0 Å². The molecule has 25 heavy (non-hydrogen) atoms. The minimum atomic E-state index is -0.538. The van der Waals surface area contributed by atoms with Gasteiger partial charge in [0.1, 0.15) is 11.3 Å². The SMILES string of the molecule is O=c1c2cccc(F)c2nc(Nc2cccnc2)n1-c1ccccc1. The molecular formula is C19H13FN4O. The van der Waals surface area contributed by atoms with E-state index in [1.165, 1.54) is 16.7 Å². The van der Waals surface area contributed by atoms with Crippen LogP contribution in [0.1, 0.15) is 0 Å². The number of fused-ring (bicyclic) bond motifs is 1. The molecular weight excluding hydrogens is 319 g/mol. The molecule has 0 bridgehead atoms. The van der Waals surface area contributed by atoms with E-state index in [0.717, 1.165) is 0 Å². The van der Waals surface area contributed by atoms with Gasteiger partial charge in [-0.3, -0.25) is 9.78 Å². The predicted molar refractivity (Wildman–Crippen MR) is 94.8 cm³/mol. The Labute approximate surface area is 142 Å². The van der Waals surface area contributed by atoms with Crippen LogP contribution in [-0.4, -0.2) is 14.5 Å². The van der Waals surface area contributed by atoms with E-state index in [2.05, 4.69) is 15.3 Å². The van der Waals surface area contributed by atoms with Gasteiger partial charge in [0.05, 0.1) is 23.0 Å². The van der Waals surface area contributed by atoms with E-state index < -0.39 is 5.82 Å². The lowest BCUT2D eigenvalue weighted by atomic mass is 10.2. The molecule has 0 fully saturated rings. The zero-order chi connectivity index (χ0) is 17.2. The van der Waals surface area contributed by atoms with Crippen LogP contribution in [0.3, 0.4) is 0 Å². The normalized spacial score (nSPS) is 10.8. The molecule has 2 aromatic heterocycles. The van der Waals surface area contributed by atoms with Crippen molar-refractivity contribution in [3.63, 3.8) is 0 Å². The molecule has 2 aromatic carbocycles. The van der Waals surface area contributed by atoms with Crippen molar-refractivity contribution in [1.29, 1.82) is 0 Å². The zero-order valence-corrected chi connectivity index (χ0v) is 13.1. The first kappa shape index (κ1) is 15.0. The van der Waals surface area contributed by atoms with Crippen LogP contribution in [0.4, 0.5) is 16.0 Å². The highest BCUT2D eigenvalue weighted by Gasteiger charge is 2.15. The number of nitrogens with zero attached hydrogens (tertiary/aromatic N) is 3. The smallest absolute Gasteiger partial charge is 0.267 e. The maximum Gasteiger partial charge on any atom is 0.267 e. The van der Waals surface area contributed by atoms with Gasteiger partial charge in [-0.1, -0.05) is 24.3 Å². The Morgan fingerprint density at radius 1 is 0.960 bits per heavy atom. The Morgan fingerprint density at radius 3 is 2.56 bits per heavy atom. The highest BCUT2D eigenvalue weighted by Crippen LogP contribution is 2.21. The van der Waals surface area contributed by atoms with Gasteiger partial charge in [0.25, 0.3) is 5.56 Å². The minimum absolute atomic E-state index is 0.0334. The maximum atomic E-state index is 14.2. The minimum Gasteiger partial charge on any atom is -0.324 e. The van der Waals surface area contributed by atoms with Gasteiger partial charge < -0.3 is 5.32 Å². The summed E-state index contributed by atoms with van der Waals surface area (Å²) in [6.07, 6.45) is 3.25. The lowest BCUT2D eigenvalue weighted by molar-refractivity contribution is 0.636. The average Bonchev–Trinajstić information content (AvgIpc) is 2.64. The van der Waals surface area contributed by atoms with Crippen LogP contribution in [0.5, 0.6) is 0 Å². The topological polar surface area (TPSA) is 59.8 Å². The molecule has 0 radical (unpaired) electrons. The van der Waals surface area contributed by atoms with Crippen molar-refractivity contribution in [1.82, 2.24) is 14.5 Å². The van der Waals surface area contributed by atoms with Gasteiger partial charge >= 0.3 is 0 Å². The van der Waals surface area contributed by atoms with Gasteiger partial charge in [-0.2, -0.15) is 0 Å². The van der Waals surface area contributed by atoms with Crippen molar-refractivity contribution in [2.45, 2.75) is 0 Å². The summed E-state index contributed by atoms with van der Waals surface area (Å²) >= 11 is 0. The number of halogens is 1. The molecule has 0 aliphatic rings. The Bertz CT molecular complexity index is 1090. The summed E-state index contributed by atoms with van der Waals surface area (Å²) in [5, 5.41) is 3.28. The molecule has 1 N–H and O–H groups in total. The largest absolute Gasteiger partial charge is 0.324 e. The summed E-state index contributed by atoms with van der Waals surface area (Å²) in [6, 6.07) is 17.0. The molecule has 6 heteroatoms. The molecule has 0 atom stereocenters. The summed E-state index contributed by atoms with van der Waals surface area (Å²) in [6.45, 7) is 0. The molecule has 4 aromatic rings. The molecule has 0 unspecified atom stereocenters. The highest BCUT2D eigenvalue weighted by atomic mass is 19.1. The molecule has 2 heterocycles. The number of hydrogen-bond donors (Lipinski definition) is 1. The standard InChI is InChI=1S/C19H13FN4O/c20-16-10-4-9-15-17(16)23-19(22-13-6-5-11-21-12-13)24(18(15)25)14-7-2-1-3-8-14/h1-12H,(H,22,23). The van der Waals surface area contributed by atoms with Gasteiger partial charge in [0, 0.05) is 6.20 Å². The highest BCUT2D eigenvalue weighted by molar-refractivity contribution is 5.80. The third-order valence-corrected chi connectivity index (χ3v) is 3.78. The molecule has 4 rings (SSSR count). The van der Waals surface area contributed by atoms with Crippen LogP contribution in [0.15, 0.2) is 77.9 Å². The number of anilines is 2. The van der Waals surface area contributed by atoms with E-state index in [9.17, 15) is 9.18 Å². The number of nitrogens with one attached hydrogen (secondary N) is 1. The number of hydrogen-bond acceptors (Lipinski definition) is 4. The Hall–Kier alpha value is -3.54. The molecule has 122 valence electrons. The number of pyridine rings is 1. The van der Waals surface area contributed by atoms with E-state index in [0.29, 0.717) is 11.4 Å². The quantitative estimate of drug-likeness (QED) is 0.622. The summed E-state index contributed by atoms with van der Waals surface area (Å²) in [5.41, 5.74) is 0.973. The third kappa shape index (κ3) is 2.74. The Kier molecular flexibility index (Phi) is 3.70. The van der Waals surface area contributed by atoms with Crippen molar-refractivity contribution >= 4 is 22.5 Å². The molecule has 0 aliphatic carbocycles. The van der Waals surface area contributed by atoms with Crippen molar-refractivity contribution in [2.24, 2.45) is 0 Å². The molecule has 0 saturated carbocycles. The van der Waals surface area contributed by atoms with Crippen molar-refractivity contribution in [3.05, 3.63) is 89.2 Å². The number of rotatable bonds is 3. The van der Waals surface area contributed by atoms with Crippen LogP contribution < -0.4 is 10.9 Å². The number of aromatic nitrogens is 3. The van der Waals surface area contributed by atoms with E-state index >= 15 is 0 Å².